The minimum atomic E-state index is 0.710. The molecule has 1 fully saturated rings. The molecule has 2 aromatic carbocycles. The van der Waals surface area contributed by atoms with Gasteiger partial charge in [0, 0.05) is 30.2 Å². The lowest BCUT2D eigenvalue weighted by Gasteiger charge is -2.26. The lowest BCUT2D eigenvalue weighted by Crippen LogP contribution is -2.35. The van der Waals surface area contributed by atoms with Crippen LogP contribution in [0.2, 0.25) is 5.02 Å². The molecule has 4 nitrogen and oxygen atoms in total. The number of likely N-dealkylation sites (tertiary alicyclic amines) is 1. The first-order valence-electron chi connectivity index (χ1n) is 9.45. The molecule has 0 radical (unpaired) electrons. The van der Waals surface area contributed by atoms with E-state index in [-0.39, 0.29) is 0 Å². The Balaban J connectivity index is 1.37. The van der Waals surface area contributed by atoms with Crippen molar-refractivity contribution in [3.05, 3.63) is 53.1 Å². The summed E-state index contributed by atoms with van der Waals surface area (Å²) in [5.74, 6) is 0.887. The quantitative estimate of drug-likeness (QED) is 0.631. The summed E-state index contributed by atoms with van der Waals surface area (Å²) in [6, 6.07) is 14.3. The maximum atomic E-state index is 6.06. The van der Waals surface area contributed by atoms with Gasteiger partial charge in [-0.2, -0.15) is 0 Å². The number of fused-ring (bicyclic) bond motifs is 1. The predicted molar refractivity (Wildman–Crippen MR) is 109 cm³/mol. The number of hydrogen-bond acceptors (Lipinski definition) is 3. The summed E-state index contributed by atoms with van der Waals surface area (Å²) in [6.45, 7) is 5.57. The highest BCUT2D eigenvalue weighted by molar-refractivity contribution is 6.31. The molecule has 136 valence electrons. The molecule has 0 atom stereocenters. The van der Waals surface area contributed by atoms with Crippen LogP contribution < -0.4 is 5.32 Å². The number of hydrogen-bond donors (Lipinski definition) is 2. The molecule has 5 heteroatoms. The van der Waals surface area contributed by atoms with E-state index in [4.69, 9.17) is 11.6 Å². The van der Waals surface area contributed by atoms with Crippen molar-refractivity contribution in [1.29, 1.82) is 0 Å². The fourth-order valence-electron chi connectivity index (χ4n) is 3.60. The fourth-order valence-corrected chi connectivity index (χ4v) is 3.76. The van der Waals surface area contributed by atoms with Crippen molar-refractivity contribution in [2.75, 3.05) is 26.2 Å². The van der Waals surface area contributed by atoms with Crippen LogP contribution in [-0.2, 0) is 6.54 Å². The molecule has 1 aliphatic heterocycles. The zero-order valence-corrected chi connectivity index (χ0v) is 15.7. The Bertz CT molecular complexity index is 867. The average molecular weight is 369 g/mol. The smallest absolute Gasteiger partial charge is 0.138 e. The maximum absolute atomic E-state index is 6.06. The fraction of sp³-hybridized carbons (Fsp3) is 0.381. The van der Waals surface area contributed by atoms with E-state index in [1.807, 2.05) is 18.2 Å². The molecule has 1 aliphatic rings. The number of halogens is 1. The van der Waals surface area contributed by atoms with E-state index in [0.717, 1.165) is 42.1 Å². The monoisotopic (exact) mass is 368 g/mol. The van der Waals surface area contributed by atoms with E-state index in [1.165, 1.54) is 37.9 Å². The summed E-state index contributed by atoms with van der Waals surface area (Å²) in [4.78, 5) is 10.6. The van der Waals surface area contributed by atoms with E-state index in [2.05, 4.69) is 44.5 Å². The van der Waals surface area contributed by atoms with E-state index in [1.54, 1.807) is 0 Å². The van der Waals surface area contributed by atoms with Gasteiger partial charge in [-0.3, -0.25) is 0 Å². The zero-order valence-electron chi connectivity index (χ0n) is 15.0. The van der Waals surface area contributed by atoms with Gasteiger partial charge in [-0.1, -0.05) is 36.2 Å². The molecule has 0 unspecified atom stereocenters. The Hall–Kier alpha value is -1.88. The molecule has 1 aromatic heterocycles. The molecule has 2 heterocycles. The molecule has 1 saturated heterocycles. The number of H-pyrrole nitrogens is 1. The number of imidazole rings is 1. The number of aromatic amines is 1. The highest BCUT2D eigenvalue weighted by atomic mass is 35.5. The molecular formula is C21H25ClN4. The van der Waals surface area contributed by atoms with Crippen LogP contribution in [0.4, 0.5) is 0 Å². The molecule has 0 saturated carbocycles. The van der Waals surface area contributed by atoms with Crippen LogP contribution in [0.3, 0.4) is 0 Å². The van der Waals surface area contributed by atoms with Crippen molar-refractivity contribution in [1.82, 2.24) is 20.2 Å². The van der Waals surface area contributed by atoms with Crippen molar-refractivity contribution in [2.24, 2.45) is 0 Å². The topological polar surface area (TPSA) is 44.0 Å². The van der Waals surface area contributed by atoms with Gasteiger partial charge in [0.2, 0.25) is 0 Å². The van der Waals surface area contributed by atoms with Crippen molar-refractivity contribution < 1.29 is 0 Å². The second-order valence-electron chi connectivity index (χ2n) is 7.03. The van der Waals surface area contributed by atoms with Crippen LogP contribution in [0.5, 0.6) is 0 Å². The van der Waals surface area contributed by atoms with Crippen LogP contribution in [0, 0.1) is 0 Å². The first-order valence-corrected chi connectivity index (χ1v) is 9.83. The van der Waals surface area contributed by atoms with Crippen LogP contribution in [0.1, 0.15) is 24.8 Å². The number of nitrogens with zero attached hydrogens (tertiary/aromatic N) is 2. The third-order valence-electron chi connectivity index (χ3n) is 5.03. The van der Waals surface area contributed by atoms with Gasteiger partial charge in [0.05, 0.1) is 11.0 Å². The standard InChI is InChI=1S/C21H25ClN4/c22-18-7-8-19-20(14-18)25-21(24-19)17-6-4-5-16(13-17)15-23-9-12-26-10-2-1-3-11-26/h4-8,13-14,23H,1-3,9-12,15H2,(H,24,25). The summed E-state index contributed by atoms with van der Waals surface area (Å²) in [7, 11) is 0. The Labute approximate surface area is 159 Å². The van der Waals surface area contributed by atoms with Crippen LogP contribution in [0.25, 0.3) is 22.4 Å². The Morgan fingerprint density at radius 1 is 1.08 bits per heavy atom. The minimum absolute atomic E-state index is 0.710. The molecule has 26 heavy (non-hydrogen) atoms. The highest BCUT2D eigenvalue weighted by Crippen LogP contribution is 2.23. The Morgan fingerprint density at radius 2 is 1.96 bits per heavy atom. The van der Waals surface area contributed by atoms with Crippen molar-refractivity contribution >= 4 is 22.6 Å². The van der Waals surface area contributed by atoms with Crippen LogP contribution in [0.15, 0.2) is 42.5 Å². The van der Waals surface area contributed by atoms with Gasteiger partial charge in [-0.25, -0.2) is 4.98 Å². The molecule has 3 aromatic rings. The van der Waals surface area contributed by atoms with Crippen LogP contribution >= 0.6 is 11.6 Å². The summed E-state index contributed by atoms with van der Waals surface area (Å²) in [5.41, 5.74) is 4.29. The van der Waals surface area contributed by atoms with Gasteiger partial charge in [0.1, 0.15) is 5.82 Å². The van der Waals surface area contributed by atoms with Gasteiger partial charge < -0.3 is 15.2 Å². The first kappa shape index (κ1) is 17.5. The second-order valence-corrected chi connectivity index (χ2v) is 7.46. The lowest BCUT2D eigenvalue weighted by molar-refractivity contribution is 0.229. The molecule has 4 rings (SSSR count). The third kappa shape index (κ3) is 4.26. The van der Waals surface area contributed by atoms with E-state index < -0.39 is 0 Å². The first-order chi connectivity index (χ1) is 12.8. The van der Waals surface area contributed by atoms with Crippen LogP contribution in [-0.4, -0.2) is 41.0 Å². The van der Waals surface area contributed by atoms with Gasteiger partial charge >= 0.3 is 0 Å². The molecule has 0 amide bonds. The number of nitrogens with one attached hydrogen (secondary N) is 2. The highest BCUT2D eigenvalue weighted by Gasteiger charge is 2.09. The predicted octanol–water partition coefficient (Wildman–Crippen LogP) is 4.46. The van der Waals surface area contributed by atoms with E-state index in [9.17, 15) is 0 Å². The number of piperidine rings is 1. The minimum Gasteiger partial charge on any atom is -0.338 e. The number of aromatic nitrogens is 2. The molecule has 2 N–H and O–H groups in total. The van der Waals surface area contributed by atoms with Crippen molar-refractivity contribution in [2.45, 2.75) is 25.8 Å². The van der Waals surface area contributed by atoms with E-state index in [0.29, 0.717) is 5.02 Å². The Morgan fingerprint density at radius 3 is 2.85 bits per heavy atom. The normalized spacial score (nSPS) is 15.6. The molecule has 0 aliphatic carbocycles. The number of rotatable bonds is 6. The number of benzene rings is 2. The maximum Gasteiger partial charge on any atom is 0.138 e. The summed E-state index contributed by atoms with van der Waals surface area (Å²) in [6.07, 6.45) is 4.10. The zero-order chi connectivity index (χ0) is 17.8. The van der Waals surface area contributed by atoms with Gasteiger partial charge in [-0.15, -0.1) is 0 Å². The van der Waals surface area contributed by atoms with Gasteiger partial charge in [-0.05, 0) is 55.8 Å². The van der Waals surface area contributed by atoms with Gasteiger partial charge in [0.25, 0.3) is 0 Å². The van der Waals surface area contributed by atoms with Crippen molar-refractivity contribution in [3.63, 3.8) is 0 Å². The third-order valence-corrected chi connectivity index (χ3v) is 5.26. The summed E-state index contributed by atoms with van der Waals surface area (Å²) < 4.78 is 0. The summed E-state index contributed by atoms with van der Waals surface area (Å²) in [5, 5.41) is 4.28. The molecule has 0 spiro atoms. The summed E-state index contributed by atoms with van der Waals surface area (Å²) >= 11 is 6.06. The van der Waals surface area contributed by atoms with Gasteiger partial charge in [0.15, 0.2) is 0 Å². The molecular weight excluding hydrogens is 344 g/mol. The average Bonchev–Trinajstić information content (AvgIpc) is 3.10. The molecule has 0 bridgehead atoms. The van der Waals surface area contributed by atoms with Crippen molar-refractivity contribution in [3.8, 4) is 11.4 Å². The van der Waals surface area contributed by atoms with E-state index >= 15 is 0 Å². The lowest BCUT2D eigenvalue weighted by atomic mass is 10.1. The largest absolute Gasteiger partial charge is 0.338 e. The Kier molecular flexibility index (Phi) is 5.54. The SMILES string of the molecule is Clc1ccc2[nH]c(-c3cccc(CNCCN4CCCCC4)c3)nc2c1. The second kappa shape index (κ2) is 8.21.